The number of benzene rings is 1. The van der Waals surface area contributed by atoms with Crippen molar-refractivity contribution < 1.29 is 19.4 Å². The van der Waals surface area contributed by atoms with E-state index in [-0.39, 0.29) is 19.0 Å². The minimum absolute atomic E-state index is 0.191. The van der Waals surface area contributed by atoms with Gasteiger partial charge in [-0.25, -0.2) is 0 Å². The van der Waals surface area contributed by atoms with Gasteiger partial charge in [0.25, 0.3) is 5.91 Å². The monoisotopic (exact) mass is 291 g/mol. The molecule has 0 saturated heterocycles. The highest BCUT2D eigenvalue weighted by Gasteiger charge is 2.17. The molecule has 21 heavy (non-hydrogen) atoms. The van der Waals surface area contributed by atoms with Crippen molar-refractivity contribution in [2.24, 2.45) is 5.92 Å². The summed E-state index contributed by atoms with van der Waals surface area (Å²) >= 11 is 0. The first-order chi connectivity index (χ1) is 9.93. The van der Waals surface area contributed by atoms with Gasteiger partial charge in [0.05, 0.1) is 6.61 Å². The molecule has 0 unspecified atom stereocenters. The molecule has 114 valence electrons. The number of carbonyl (C=O) groups is 2. The number of rotatable bonds is 8. The first kappa shape index (κ1) is 16.8. The van der Waals surface area contributed by atoms with Crippen LogP contribution in [0.2, 0.25) is 0 Å². The third-order valence-electron chi connectivity index (χ3n) is 2.65. The van der Waals surface area contributed by atoms with Gasteiger partial charge in [-0.05, 0) is 30.2 Å². The van der Waals surface area contributed by atoms with Crippen LogP contribution in [0.4, 0.5) is 0 Å². The van der Waals surface area contributed by atoms with Crippen LogP contribution in [0.5, 0.6) is 5.75 Å². The molecule has 0 spiro atoms. The predicted molar refractivity (Wildman–Crippen MR) is 80.5 cm³/mol. The van der Waals surface area contributed by atoms with Gasteiger partial charge in [-0.15, -0.1) is 6.58 Å². The summed E-state index contributed by atoms with van der Waals surface area (Å²) in [5, 5.41) is 8.82. The average Bonchev–Trinajstić information content (AvgIpc) is 2.44. The van der Waals surface area contributed by atoms with Gasteiger partial charge >= 0.3 is 5.97 Å². The summed E-state index contributed by atoms with van der Waals surface area (Å²) in [6, 6.07) is 6.69. The van der Waals surface area contributed by atoms with Crippen molar-refractivity contribution >= 4 is 11.9 Å². The molecular formula is C16H21NO4. The quantitative estimate of drug-likeness (QED) is 0.747. The number of hydrogen-bond acceptors (Lipinski definition) is 3. The summed E-state index contributed by atoms with van der Waals surface area (Å²) in [6.45, 7) is 8.08. The lowest BCUT2D eigenvalue weighted by molar-refractivity contribution is -0.137. The molecular weight excluding hydrogens is 270 g/mol. The highest BCUT2D eigenvalue weighted by molar-refractivity contribution is 5.96. The fourth-order valence-corrected chi connectivity index (χ4v) is 1.68. The number of aliphatic carboxylic acids is 1. The predicted octanol–water partition coefficient (Wildman–Crippen LogP) is 2.43. The van der Waals surface area contributed by atoms with E-state index in [1.807, 2.05) is 0 Å². The Morgan fingerprint density at radius 2 is 1.95 bits per heavy atom. The van der Waals surface area contributed by atoms with Gasteiger partial charge in [0.1, 0.15) is 12.3 Å². The van der Waals surface area contributed by atoms with Gasteiger partial charge in [0.2, 0.25) is 0 Å². The lowest BCUT2D eigenvalue weighted by Gasteiger charge is -2.19. The smallest absolute Gasteiger partial charge is 0.323 e. The van der Waals surface area contributed by atoms with Crippen molar-refractivity contribution in [1.29, 1.82) is 0 Å². The van der Waals surface area contributed by atoms with Crippen LogP contribution in [0.25, 0.3) is 0 Å². The molecule has 1 aromatic rings. The van der Waals surface area contributed by atoms with Gasteiger partial charge in [0, 0.05) is 12.1 Å². The second-order valence-electron chi connectivity index (χ2n) is 5.10. The molecule has 0 aliphatic carbocycles. The minimum Gasteiger partial charge on any atom is -0.493 e. The Labute approximate surface area is 124 Å². The lowest BCUT2D eigenvalue weighted by Crippen LogP contribution is -2.35. The summed E-state index contributed by atoms with van der Waals surface area (Å²) in [4.78, 5) is 24.2. The van der Waals surface area contributed by atoms with Crippen molar-refractivity contribution in [1.82, 2.24) is 4.90 Å². The molecule has 0 radical (unpaired) electrons. The van der Waals surface area contributed by atoms with Gasteiger partial charge in [-0.1, -0.05) is 19.9 Å². The lowest BCUT2D eigenvalue weighted by atomic mass is 10.2. The van der Waals surface area contributed by atoms with Crippen molar-refractivity contribution in [3.8, 4) is 5.75 Å². The number of amides is 1. The molecule has 1 N–H and O–H groups in total. The van der Waals surface area contributed by atoms with E-state index in [1.165, 1.54) is 11.0 Å². The Bertz CT molecular complexity index is 494. The summed E-state index contributed by atoms with van der Waals surface area (Å²) in [5.41, 5.74) is 0.426. The van der Waals surface area contributed by atoms with Crippen LogP contribution in [0, 0.1) is 5.92 Å². The first-order valence-electron chi connectivity index (χ1n) is 6.79. The zero-order chi connectivity index (χ0) is 15.8. The van der Waals surface area contributed by atoms with E-state index >= 15 is 0 Å². The number of carbonyl (C=O) groups excluding carboxylic acids is 1. The molecule has 5 heteroatoms. The number of ether oxygens (including phenoxy) is 1. The van der Waals surface area contributed by atoms with E-state index in [0.29, 0.717) is 23.8 Å². The Morgan fingerprint density at radius 3 is 2.43 bits per heavy atom. The fourth-order valence-electron chi connectivity index (χ4n) is 1.68. The molecule has 1 amide bonds. The van der Waals surface area contributed by atoms with E-state index in [0.717, 1.165) is 0 Å². The molecule has 5 nitrogen and oxygen atoms in total. The molecule has 0 heterocycles. The highest BCUT2D eigenvalue weighted by atomic mass is 16.5. The van der Waals surface area contributed by atoms with Gasteiger partial charge in [-0.3, -0.25) is 9.59 Å². The molecule has 0 saturated carbocycles. The number of hydrogen-bond donors (Lipinski definition) is 1. The summed E-state index contributed by atoms with van der Waals surface area (Å²) < 4.78 is 5.54. The Kier molecular flexibility index (Phi) is 6.46. The normalized spacial score (nSPS) is 10.2. The standard InChI is InChI=1S/C16H21NO4/c1-4-9-17(10-15(18)19)16(20)13-5-7-14(8-6-13)21-11-12(2)3/h4-8,12H,1,9-11H2,2-3H3,(H,18,19). The SMILES string of the molecule is C=CCN(CC(=O)O)C(=O)c1ccc(OCC(C)C)cc1. The van der Waals surface area contributed by atoms with E-state index in [9.17, 15) is 9.59 Å². The number of carboxylic acids is 1. The highest BCUT2D eigenvalue weighted by Crippen LogP contribution is 2.14. The molecule has 0 bridgehead atoms. The average molecular weight is 291 g/mol. The van der Waals surface area contributed by atoms with Gasteiger partial charge in [-0.2, -0.15) is 0 Å². The first-order valence-corrected chi connectivity index (χ1v) is 6.79. The fraction of sp³-hybridized carbons (Fsp3) is 0.375. The van der Waals surface area contributed by atoms with Crippen molar-refractivity contribution in [2.45, 2.75) is 13.8 Å². The summed E-state index contributed by atoms with van der Waals surface area (Å²) in [7, 11) is 0. The largest absolute Gasteiger partial charge is 0.493 e. The topological polar surface area (TPSA) is 66.8 Å². The Hall–Kier alpha value is -2.30. The molecule has 0 atom stereocenters. The van der Waals surface area contributed by atoms with Crippen LogP contribution in [-0.2, 0) is 4.79 Å². The second-order valence-corrected chi connectivity index (χ2v) is 5.10. The number of nitrogens with zero attached hydrogens (tertiary/aromatic N) is 1. The molecule has 0 fully saturated rings. The third kappa shape index (κ3) is 5.69. The van der Waals surface area contributed by atoms with Crippen LogP contribution in [0.1, 0.15) is 24.2 Å². The van der Waals surface area contributed by atoms with Crippen LogP contribution >= 0.6 is 0 Å². The van der Waals surface area contributed by atoms with Gasteiger partial charge < -0.3 is 14.7 Å². The Balaban J connectivity index is 2.76. The third-order valence-corrected chi connectivity index (χ3v) is 2.65. The molecule has 0 aromatic heterocycles. The Morgan fingerprint density at radius 1 is 1.33 bits per heavy atom. The maximum absolute atomic E-state index is 12.2. The van der Waals surface area contributed by atoms with Crippen molar-refractivity contribution in [3.05, 3.63) is 42.5 Å². The van der Waals surface area contributed by atoms with E-state index in [2.05, 4.69) is 20.4 Å². The molecule has 0 aliphatic heterocycles. The van der Waals surface area contributed by atoms with Crippen LogP contribution < -0.4 is 4.74 Å². The van der Waals surface area contributed by atoms with Crippen molar-refractivity contribution in [3.63, 3.8) is 0 Å². The van der Waals surface area contributed by atoms with E-state index in [4.69, 9.17) is 9.84 Å². The van der Waals surface area contributed by atoms with Crippen LogP contribution in [0.15, 0.2) is 36.9 Å². The van der Waals surface area contributed by atoms with E-state index < -0.39 is 5.97 Å². The zero-order valence-electron chi connectivity index (χ0n) is 12.4. The summed E-state index contributed by atoms with van der Waals surface area (Å²) in [5.74, 6) is -0.284. The molecule has 1 rings (SSSR count). The van der Waals surface area contributed by atoms with Crippen LogP contribution in [-0.4, -0.2) is 41.6 Å². The van der Waals surface area contributed by atoms with Gasteiger partial charge in [0.15, 0.2) is 0 Å². The summed E-state index contributed by atoms with van der Waals surface area (Å²) in [6.07, 6.45) is 1.50. The maximum Gasteiger partial charge on any atom is 0.323 e. The maximum atomic E-state index is 12.2. The molecule has 1 aromatic carbocycles. The van der Waals surface area contributed by atoms with E-state index in [1.54, 1.807) is 24.3 Å². The van der Waals surface area contributed by atoms with Crippen LogP contribution in [0.3, 0.4) is 0 Å². The zero-order valence-corrected chi connectivity index (χ0v) is 12.4. The minimum atomic E-state index is -1.05. The molecule has 0 aliphatic rings. The number of carboxylic acid groups (broad SMARTS) is 1. The second kappa shape index (κ2) is 8.09. The van der Waals surface area contributed by atoms with Crippen molar-refractivity contribution in [2.75, 3.05) is 19.7 Å².